The van der Waals surface area contributed by atoms with E-state index in [-0.39, 0.29) is 28.2 Å². The molecule has 5 aromatic rings. The van der Waals surface area contributed by atoms with Crippen LogP contribution in [0.1, 0.15) is 37.8 Å². The third-order valence-corrected chi connectivity index (χ3v) is 9.19. The first-order chi connectivity index (χ1) is 24.1. The number of thioether (sulfide) groups is 1. The van der Waals surface area contributed by atoms with E-state index in [1.807, 2.05) is 13.8 Å². The average molecular weight is 754 g/mol. The minimum Gasteiger partial charge on any atom is -0.406 e. The quantitative estimate of drug-likeness (QED) is 0.0822. The predicted octanol–water partition coefficient (Wildman–Crippen LogP) is 7.92. The summed E-state index contributed by atoms with van der Waals surface area (Å²) in [6, 6.07) is 16.2. The Morgan fingerprint density at radius 3 is 2.33 bits per heavy atom. The van der Waals surface area contributed by atoms with Gasteiger partial charge in [0.15, 0.2) is 11.0 Å². The molecular weight excluding hydrogens is 724 g/mol. The molecule has 0 atom stereocenters. The lowest BCUT2D eigenvalue weighted by atomic mass is 10.0. The molecule has 3 aromatic carbocycles. The number of hydrogen-bond acceptors (Lipinski definition) is 7. The third-order valence-electron chi connectivity index (χ3n) is 7.17. The number of halogens is 7. The molecule has 0 aliphatic rings. The van der Waals surface area contributed by atoms with Gasteiger partial charge in [0.1, 0.15) is 17.9 Å². The number of benzene rings is 3. The Morgan fingerprint density at radius 1 is 1.00 bits per heavy atom. The monoisotopic (exact) mass is 753 g/mol. The molecule has 0 aliphatic heterocycles. The summed E-state index contributed by atoms with van der Waals surface area (Å²) in [4.78, 5) is 26.5. The molecule has 5 rings (SSSR count). The van der Waals surface area contributed by atoms with Crippen LogP contribution in [0.2, 0.25) is 0 Å². The zero-order valence-corrected chi connectivity index (χ0v) is 28.9. The fraction of sp³-hybridized carbons (Fsp3) is 0.303. The van der Waals surface area contributed by atoms with E-state index in [0.29, 0.717) is 53.1 Å². The summed E-state index contributed by atoms with van der Waals surface area (Å²) in [5.41, 5.74) is 2.39. The summed E-state index contributed by atoms with van der Waals surface area (Å²) < 4.78 is 99.3. The van der Waals surface area contributed by atoms with Crippen molar-refractivity contribution >= 4 is 28.5 Å². The van der Waals surface area contributed by atoms with E-state index in [0.717, 1.165) is 29.2 Å². The first kappa shape index (κ1) is 37.5. The number of ether oxygens (including phenoxy) is 1. The molecule has 0 radical (unpaired) electrons. The van der Waals surface area contributed by atoms with Gasteiger partial charge >= 0.3 is 18.2 Å². The summed E-state index contributed by atoms with van der Waals surface area (Å²) in [7, 11) is 0. The number of rotatable bonds is 10. The van der Waals surface area contributed by atoms with Crippen molar-refractivity contribution in [1.82, 2.24) is 23.3 Å². The summed E-state index contributed by atoms with van der Waals surface area (Å²) in [6.07, 6.45) is -7.54. The lowest BCUT2D eigenvalue weighted by Crippen LogP contribution is -2.29. The number of aromatic nitrogens is 5. The minimum absolute atomic E-state index is 0.0845. The summed E-state index contributed by atoms with van der Waals surface area (Å²) >= 11 is 1.38. The van der Waals surface area contributed by atoms with Crippen LogP contribution < -0.4 is 15.2 Å². The zero-order chi connectivity index (χ0) is 36.9. The van der Waals surface area contributed by atoms with Crippen molar-refractivity contribution in [3.8, 4) is 28.5 Å². The third kappa shape index (κ3) is 9.96. The molecule has 2 aromatic heterocycles. The van der Waals surface area contributed by atoms with E-state index in [1.54, 1.807) is 31.2 Å². The molecule has 270 valence electrons. The topological polar surface area (TPSA) is 91.6 Å². The molecule has 9 nitrogen and oxygen atoms in total. The van der Waals surface area contributed by atoms with E-state index < -0.39 is 29.8 Å². The van der Waals surface area contributed by atoms with Crippen LogP contribution >= 0.6 is 23.3 Å². The van der Waals surface area contributed by atoms with E-state index >= 15 is 0 Å². The van der Waals surface area contributed by atoms with Crippen LogP contribution in [0.3, 0.4) is 0 Å². The molecule has 0 N–H and O–H groups in total. The highest BCUT2D eigenvalue weighted by Crippen LogP contribution is 2.26. The van der Waals surface area contributed by atoms with Gasteiger partial charge in [-0.15, -0.1) is 18.3 Å². The normalized spacial score (nSPS) is 13.0. The number of hydrogen-bond donors (Lipinski definition) is 0. The SMILES string of the molecule is CCn1sc(=NC(=NCCc2ccc(-c3ncn(-c4ccc(OC(F)(F)F)cc4)n3)cc2)SCC(F)(F)F)n(-c2ccc(F)cc2C(C)C)c1=O. The second-order valence-corrected chi connectivity index (χ2v) is 13.2. The second-order valence-electron chi connectivity index (χ2n) is 11.2. The van der Waals surface area contributed by atoms with Gasteiger partial charge in [-0.2, -0.15) is 18.2 Å². The van der Waals surface area contributed by atoms with Gasteiger partial charge in [-0.1, -0.05) is 49.9 Å². The Hall–Kier alpha value is -4.71. The maximum absolute atomic E-state index is 14.1. The van der Waals surface area contributed by atoms with Crippen LogP contribution in [0.25, 0.3) is 22.8 Å². The molecule has 18 heteroatoms. The Bertz CT molecular complexity index is 2110. The van der Waals surface area contributed by atoms with Crippen LogP contribution in [0, 0.1) is 5.82 Å². The van der Waals surface area contributed by atoms with Crippen molar-refractivity contribution in [2.24, 2.45) is 9.98 Å². The smallest absolute Gasteiger partial charge is 0.406 e. The first-order valence-corrected chi connectivity index (χ1v) is 17.1. The van der Waals surface area contributed by atoms with Crippen molar-refractivity contribution in [3.05, 3.63) is 105 Å². The van der Waals surface area contributed by atoms with Crippen molar-refractivity contribution < 1.29 is 35.5 Å². The minimum atomic E-state index is -4.80. The number of aliphatic imine (C=N–C) groups is 1. The molecule has 0 amide bonds. The molecule has 0 bridgehead atoms. The lowest BCUT2D eigenvalue weighted by molar-refractivity contribution is -0.274. The zero-order valence-electron chi connectivity index (χ0n) is 27.2. The molecule has 0 saturated carbocycles. The molecule has 0 saturated heterocycles. The Kier molecular flexibility index (Phi) is 11.5. The van der Waals surface area contributed by atoms with Crippen LogP contribution in [0.4, 0.5) is 30.7 Å². The fourth-order valence-electron chi connectivity index (χ4n) is 4.80. The summed E-state index contributed by atoms with van der Waals surface area (Å²) in [5, 5.41) is 4.22. The number of amidine groups is 1. The number of aryl methyl sites for hydroxylation is 1. The van der Waals surface area contributed by atoms with Gasteiger partial charge in [0.2, 0.25) is 4.80 Å². The Balaban J connectivity index is 1.36. The first-order valence-electron chi connectivity index (χ1n) is 15.4. The molecular formula is C33H30F7N7O2S2. The molecule has 0 fully saturated rings. The largest absolute Gasteiger partial charge is 0.573 e. The molecule has 0 spiro atoms. The van der Waals surface area contributed by atoms with Crippen molar-refractivity contribution in [3.63, 3.8) is 0 Å². The standard InChI is InChI=1S/C33H30F7N7O2S2/c1-4-46-31(48)47(27-14-9-23(34)17-26(27)20(2)3)30(51-46)43-29(50-18-32(35,36)37)41-16-15-21-5-7-22(8-6-21)28-42-19-45(44-28)24-10-12-25(13-11-24)49-33(38,39)40/h5-14,17,19-20H,4,15-16,18H2,1-3H3. The summed E-state index contributed by atoms with van der Waals surface area (Å²) in [6.45, 7) is 5.80. The van der Waals surface area contributed by atoms with E-state index in [1.165, 1.54) is 49.9 Å². The van der Waals surface area contributed by atoms with E-state index in [9.17, 15) is 35.5 Å². The van der Waals surface area contributed by atoms with Crippen molar-refractivity contribution in [2.45, 2.75) is 52.2 Å². The van der Waals surface area contributed by atoms with E-state index in [4.69, 9.17) is 0 Å². The highest BCUT2D eigenvalue weighted by Gasteiger charge is 2.31. The van der Waals surface area contributed by atoms with Gasteiger partial charge < -0.3 is 4.74 Å². The molecule has 0 aliphatic carbocycles. The van der Waals surface area contributed by atoms with Gasteiger partial charge in [-0.05, 0) is 84.4 Å². The average Bonchev–Trinajstić information content (AvgIpc) is 3.68. The molecule has 0 unspecified atom stereocenters. The lowest BCUT2D eigenvalue weighted by Gasteiger charge is -2.13. The highest BCUT2D eigenvalue weighted by molar-refractivity contribution is 8.13. The predicted molar refractivity (Wildman–Crippen MR) is 181 cm³/mol. The Labute approximate surface area is 294 Å². The van der Waals surface area contributed by atoms with Crippen LogP contribution in [-0.4, -0.2) is 53.3 Å². The molecule has 2 heterocycles. The van der Waals surface area contributed by atoms with Crippen LogP contribution in [0.15, 0.2) is 87.8 Å². The van der Waals surface area contributed by atoms with Gasteiger partial charge in [0, 0.05) is 18.7 Å². The highest BCUT2D eigenvalue weighted by atomic mass is 32.2. The van der Waals surface area contributed by atoms with Crippen LogP contribution in [-0.2, 0) is 13.0 Å². The van der Waals surface area contributed by atoms with Crippen molar-refractivity contribution in [1.29, 1.82) is 0 Å². The van der Waals surface area contributed by atoms with Crippen molar-refractivity contribution in [2.75, 3.05) is 12.3 Å². The maximum Gasteiger partial charge on any atom is 0.573 e. The second kappa shape index (κ2) is 15.7. The molecule has 51 heavy (non-hydrogen) atoms. The summed E-state index contributed by atoms with van der Waals surface area (Å²) in [5.74, 6) is -1.91. The number of nitrogens with zero attached hydrogens (tertiary/aromatic N) is 7. The van der Waals surface area contributed by atoms with Gasteiger partial charge in [0.05, 0.1) is 17.1 Å². The van der Waals surface area contributed by atoms with E-state index in [2.05, 4.69) is 24.8 Å². The van der Waals surface area contributed by atoms with Gasteiger partial charge in [-0.3, -0.25) is 4.99 Å². The van der Waals surface area contributed by atoms with Gasteiger partial charge in [0.25, 0.3) is 0 Å². The Morgan fingerprint density at radius 2 is 1.71 bits per heavy atom. The maximum atomic E-state index is 14.1. The van der Waals surface area contributed by atoms with Gasteiger partial charge in [-0.25, -0.2) is 27.4 Å². The fourth-order valence-corrected chi connectivity index (χ4v) is 6.36. The number of alkyl halides is 6. The van der Waals surface area contributed by atoms with Crippen LogP contribution in [0.5, 0.6) is 5.75 Å².